The van der Waals surface area contributed by atoms with Crippen LogP contribution in [0.2, 0.25) is 0 Å². The summed E-state index contributed by atoms with van der Waals surface area (Å²) in [6.45, 7) is 0. The molecule has 3 aromatic rings. The minimum absolute atomic E-state index is 0.164. The van der Waals surface area contributed by atoms with Gasteiger partial charge in [-0.25, -0.2) is 4.39 Å². The number of alkyl halides is 1. The van der Waals surface area contributed by atoms with Crippen LogP contribution in [0.1, 0.15) is 5.56 Å². The summed E-state index contributed by atoms with van der Waals surface area (Å²) < 4.78 is 19.6. The number of para-hydroxylation sites is 1. The van der Waals surface area contributed by atoms with E-state index in [9.17, 15) is 4.39 Å². The summed E-state index contributed by atoms with van der Waals surface area (Å²) in [5.41, 5.74) is 1.42. The second-order valence-electron chi connectivity index (χ2n) is 4.33. The van der Waals surface area contributed by atoms with Crippen molar-refractivity contribution in [1.29, 1.82) is 0 Å². The Morgan fingerprint density at radius 2 is 1.90 bits per heavy atom. The van der Waals surface area contributed by atoms with Gasteiger partial charge in [0.1, 0.15) is 5.52 Å². The van der Waals surface area contributed by atoms with Gasteiger partial charge in [0.15, 0.2) is 17.3 Å². The van der Waals surface area contributed by atoms with E-state index in [1.54, 1.807) is 24.4 Å². The molecule has 0 bridgehead atoms. The summed E-state index contributed by atoms with van der Waals surface area (Å²) in [7, 11) is 0. The average molecular weight is 288 g/mol. The van der Waals surface area contributed by atoms with Crippen LogP contribution in [0.25, 0.3) is 10.9 Å². The van der Waals surface area contributed by atoms with Crippen LogP contribution in [0.3, 0.4) is 0 Å². The number of fused-ring (bicyclic) bond motifs is 1. The maximum Gasteiger partial charge on any atom is 0.166 e. The summed E-state index contributed by atoms with van der Waals surface area (Å²) in [5, 5.41) is 0.947. The second kappa shape index (κ2) is 5.47. The summed E-state index contributed by atoms with van der Waals surface area (Å²) in [4.78, 5) is 4.27. The van der Waals surface area contributed by atoms with E-state index in [1.165, 1.54) is 6.07 Å². The van der Waals surface area contributed by atoms with E-state index in [-0.39, 0.29) is 11.6 Å². The van der Waals surface area contributed by atoms with Gasteiger partial charge < -0.3 is 4.74 Å². The molecule has 1 heterocycles. The molecule has 0 fully saturated rings. The molecule has 3 rings (SSSR count). The zero-order valence-electron chi connectivity index (χ0n) is 10.5. The number of hydrogen-bond acceptors (Lipinski definition) is 2. The van der Waals surface area contributed by atoms with Gasteiger partial charge >= 0.3 is 0 Å². The predicted octanol–water partition coefficient (Wildman–Crippen LogP) is 4.91. The normalized spacial score (nSPS) is 10.7. The van der Waals surface area contributed by atoms with E-state index < -0.39 is 5.82 Å². The first-order valence-corrected chi connectivity index (χ1v) is 6.67. The maximum absolute atomic E-state index is 13.9. The zero-order chi connectivity index (χ0) is 13.9. The number of halogens is 2. The second-order valence-corrected chi connectivity index (χ2v) is 4.60. The molecular weight excluding hydrogens is 277 g/mol. The highest BCUT2D eigenvalue weighted by Crippen LogP contribution is 2.30. The van der Waals surface area contributed by atoms with Crippen LogP contribution in [-0.2, 0) is 5.88 Å². The van der Waals surface area contributed by atoms with Gasteiger partial charge in [0.25, 0.3) is 0 Å². The first kappa shape index (κ1) is 12.9. The van der Waals surface area contributed by atoms with Crippen molar-refractivity contribution in [3.63, 3.8) is 0 Å². The van der Waals surface area contributed by atoms with E-state index in [2.05, 4.69) is 4.98 Å². The van der Waals surface area contributed by atoms with Crippen molar-refractivity contribution < 1.29 is 9.13 Å². The highest BCUT2D eigenvalue weighted by molar-refractivity contribution is 6.17. The van der Waals surface area contributed by atoms with Crippen molar-refractivity contribution in [1.82, 2.24) is 4.98 Å². The Morgan fingerprint density at radius 3 is 2.70 bits per heavy atom. The third-order valence-corrected chi connectivity index (χ3v) is 3.27. The smallest absolute Gasteiger partial charge is 0.166 e. The minimum Gasteiger partial charge on any atom is -0.452 e. The monoisotopic (exact) mass is 287 g/mol. The third-order valence-electron chi connectivity index (χ3n) is 2.97. The summed E-state index contributed by atoms with van der Waals surface area (Å²) in [5.74, 6) is 0.529. The predicted molar refractivity (Wildman–Crippen MR) is 77.8 cm³/mol. The standard InChI is InChI=1S/C16H11ClFNO/c17-10-11-6-7-14(13(18)9-11)20-15-5-1-3-12-4-2-8-19-16(12)15/h1-9H,10H2. The maximum atomic E-state index is 13.9. The quantitative estimate of drug-likeness (QED) is 0.639. The van der Waals surface area contributed by atoms with E-state index in [0.29, 0.717) is 16.8 Å². The Morgan fingerprint density at radius 1 is 1.05 bits per heavy atom. The Labute approximate surface area is 120 Å². The number of pyridine rings is 1. The number of ether oxygens (including phenoxy) is 1. The Kier molecular flexibility index (Phi) is 3.52. The molecule has 2 nitrogen and oxygen atoms in total. The minimum atomic E-state index is -0.434. The van der Waals surface area contributed by atoms with Gasteiger partial charge in [-0.05, 0) is 29.8 Å². The molecule has 0 saturated carbocycles. The fourth-order valence-corrected chi connectivity index (χ4v) is 2.15. The Hall–Kier alpha value is -2.13. The van der Waals surface area contributed by atoms with E-state index >= 15 is 0 Å². The van der Waals surface area contributed by atoms with Crippen LogP contribution in [0, 0.1) is 5.82 Å². The molecule has 0 saturated heterocycles. The molecule has 0 aliphatic carbocycles. The van der Waals surface area contributed by atoms with Gasteiger partial charge in [-0.15, -0.1) is 11.6 Å². The molecular formula is C16H11ClFNO. The molecule has 1 aromatic heterocycles. The largest absolute Gasteiger partial charge is 0.452 e. The first-order valence-electron chi connectivity index (χ1n) is 6.14. The lowest BCUT2D eigenvalue weighted by atomic mass is 10.2. The molecule has 0 spiro atoms. The molecule has 100 valence electrons. The molecule has 0 amide bonds. The number of hydrogen-bond donors (Lipinski definition) is 0. The van der Waals surface area contributed by atoms with Crippen molar-refractivity contribution in [2.24, 2.45) is 0 Å². The zero-order valence-corrected chi connectivity index (χ0v) is 11.3. The van der Waals surface area contributed by atoms with Gasteiger partial charge in [-0.1, -0.05) is 24.3 Å². The van der Waals surface area contributed by atoms with Crippen molar-refractivity contribution in [3.8, 4) is 11.5 Å². The van der Waals surface area contributed by atoms with Gasteiger partial charge in [0.2, 0.25) is 0 Å². The number of rotatable bonds is 3. The number of benzene rings is 2. The third kappa shape index (κ3) is 2.45. The molecule has 0 atom stereocenters. The number of aromatic nitrogens is 1. The summed E-state index contributed by atoms with van der Waals surface area (Å²) in [6, 6.07) is 14.0. The lowest BCUT2D eigenvalue weighted by Gasteiger charge is -2.09. The molecule has 2 aromatic carbocycles. The Balaban J connectivity index is 2.01. The average Bonchev–Trinajstić information content (AvgIpc) is 2.49. The SMILES string of the molecule is Fc1cc(CCl)ccc1Oc1cccc2cccnc12. The van der Waals surface area contributed by atoms with E-state index in [0.717, 1.165) is 5.39 Å². The molecule has 0 N–H and O–H groups in total. The fraction of sp³-hybridized carbons (Fsp3) is 0.0625. The Bertz CT molecular complexity index is 755. The summed E-state index contributed by atoms with van der Waals surface area (Å²) in [6.07, 6.45) is 1.68. The highest BCUT2D eigenvalue weighted by atomic mass is 35.5. The van der Waals surface area contributed by atoms with Crippen LogP contribution >= 0.6 is 11.6 Å². The van der Waals surface area contributed by atoms with Crippen LogP contribution in [0.4, 0.5) is 4.39 Å². The van der Waals surface area contributed by atoms with Gasteiger partial charge in [-0.3, -0.25) is 4.98 Å². The van der Waals surface area contributed by atoms with Crippen LogP contribution in [-0.4, -0.2) is 4.98 Å². The summed E-state index contributed by atoms with van der Waals surface area (Å²) >= 11 is 5.67. The molecule has 4 heteroatoms. The lowest BCUT2D eigenvalue weighted by molar-refractivity contribution is 0.445. The van der Waals surface area contributed by atoms with E-state index in [4.69, 9.17) is 16.3 Å². The van der Waals surface area contributed by atoms with Crippen molar-refractivity contribution in [3.05, 3.63) is 66.1 Å². The van der Waals surface area contributed by atoms with Crippen LogP contribution in [0.15, 0.2) is 54.7 Å². The van der Waals surface area contributed by atoms with Crippen molar-refractivity contribution >= 4 is 22.5 Å². The van der Waals surface area contributed by atoms with Gasteiger partial charge in [-0.2, -0.15) is 0 Å². The van der Waals surface area contributed by atoms with E-state index in [1.807, 2.05) is 24.3 Å². The number of nitrogens with zero attached hydrogens (tertiary/aromatic N) is 1. The highest BCUT2D eigenvalue weighted by Gasteiger charge is 2.09. The van der Waals surface area contributed by atoms with Gasteiger partial charge in [0, 0.05) is 17.5 Å². The van der Waals surface area contributed by atoms with Crippen LogP contribution in [0.5, 0.6) is 11.5 Å². The van der Waals surface area contributed by atoms with Gasteiger partial charge in [0.05, 0.1) is 0 Å². The first-order chi connectivity index (χ1) is 9.78. The van der Waals surface area contributed by atoms with Crippen molar-refractivity contribution in [2.75, 3.05) is 0 Å². The lowest BCUT2D eigenvalue weighted by Crippen LogP contribution is -1.92. The molecule has 0 aliphatic rings. The molecule has 20 heavy (non-hydrogen) atoms. The fourth-order valence-electron chi connectivity index (χ4n) is 1.99. The molecule has 0 unspecified atom stereocenters. The molecule has 0 aliphatic heterocycles. The topological polar surface area (TPSA) is 22.1 Å². The van der Waals surface area contributed by atoms with Crippen molar-refractivity contribution in [2.45, 2.75) is 5.88 Å². The molecule has 0 radical (unpaired) electrons. The van der Waals surface area contributed by atoms with Crippen LogP contribution < -0.4 is 4.74 Å².